The Bertz CT molecular complexity index is 406. The third-order valence-electron chi connectivity index (χ3n) is 4.40. The highest BCUT2D eigenvalue weighted by atomic mass is 19.1. The topological polar surface area (TPSA) is 12.0 Å². The summed E-state index contributed by atoms with van der Waals surface area (Å²) in [6, 6.07) is 5.19. The van der Waals surface area contributed by atoms with Gasteiger partial charge >= 0.3 is 0 Å². The minimum Gasteiger partial charge on any atom is -0.311 e. The lowest BCUT2D eigenvalue weighted by Gasteiger charge is -2.34. The molecule has 106 valence electrons. The lowest BCUT2D eigenvalue weighted by molar-refractivity contribution is 0.287. The first-order valence-corrected chi connectivity index (χ1v) is 7.65. The van der Waals surface area contributed by atoms with Crippen LogP contribution in [0.25, 0.3) is 0 Å². The average molecular weight is 263 g/mol. The average Bonchev–Trinajstić information content (AvgIpc) is 2.60. The highest BCUT2D eigenvalue weighted by Gasteiger charge is 2.30. The summed E-state index contributed by atoms with van der Waals surface area (Å²) >= 11 is 0. The van der Waals surface area contributed by atoms with Gasteiger partial charge in [-0.05, 0) is 62.4 Å². The maximum absolute atomic E-state index is 13.5. The predicted octanol–water partition coefficient (Wildman–Crippen LogP) is 4.38. The molecule has 0 amide bonds. The molecule has 0 saturated carbocycles. The zero-order valence-corrected chi connectivity index (χ0v) is 12.3. The van der Waals surface area contributed by atoms with Crippen LogP contribution in [0, 0.1) is 12.7 Å². The number of benzene rings is 1. The van der Waals surface area contributed by atoms with Gasteiger partial charge in [0.15, 0.2) is 0 Å². The Morgan fingerprint density at radius 1 is 1.26 bits per heavy atom. The summed E-state index contributed by atoms with van der Waals surface area (Å²) in [5.41, 5.74) is 2.56. The molecule has 2 heteroatoms. The zero-order chi connectivity index (χ0) is 13.7. The lowest BCUT2D eigenvalue weighted by Crippen LogP contribution is -2.46. The normalized spacial score (nSPS) is 24.2. The summed E-state index contributed by atoms with van der Waals surface area (Å²) < 4.78 is 13.5. The Kier molecular flexibility index (Phi) is 4.98. The molecule has 1 fully saturated rings. The number of aryl methyl sites for hydroxylation is 1. The summed E-state index contributed by atoms with van der Waals surface area (Å²) in [7, 11) is 0. The van der Waals surface area contributed by atoms with Crippen molar-refractivity contribution in [3.63, 3.8) is 0 Å². The van der Waals surface area contributed by atoms with E-state index in [1.54, 1.807) is 12.1 Å². The first kappa shape index (κ1) is 14.5. The largest absolute Gasteiger partial charge is 0.311 e. The van der Waals surface area contributed by atoms with Crippen LogP contribution in [0.1, 0.15) is 56.6 Å². The minimum absolute atomic E-state index is 0.110. The number of rotatable bonds is 4. The van der Waals surface area contributed by atoms with Crippen LogP contribution in [0.3, 0.4) is 0 Å². The molecule has 1 N–H and O–H groups in total. The van der Waals surface area contributed by atoms with Gasteiger partial charge in [-0.15, -0.1) is 0 Å². The number of halogens is 1. The van der Waals surface area contributed by atoms with Crippen LogP contribution in [0.5, 0.6) is 0 Å². The zero-order valence-electron chi connectivity index (χ0n) is 12.3. The Balaban J connectivity index is 2.21. The highest BCUT2D eigenvalue weighted by Crippen LogP contribution is 2.29. The predicted molar refractivity (Wildman–Crippen MR) is 79.0 cm³/mol. The molecule has 1 atom stereocenters. The van der Waals surface area contributed by atoms with Crippen molar-refractivity contribution in [3.8, 4) is 0 Å². The Morgan fingerprint density at radius 3 is 2.89 bits per heavy atom. The molecule has 19 heavy (non-hydrogen) atoms. The van der Waals surface area contributed by atoms with Gasteiger partial charge in [-0.2, -0.15) is 0 Å². The summed E-state index contributed by atoms with van der Waals surface area (Å²) in [5, 5.41) is 3.77. The van der Waals surface area contributed by atoms with Crippen LogP contribution in [0.2, 0.25) is 0 Å². The maximum atomic E-state index is 13.5. The summed E-state index contributed by atoms with van der Waals surface area (Å²) in [6.07, 6.45) is 8.43. The van der Waals surface area contributed by atoms with Crippen molar-refractivity contribution >= 4 is 0 Å². The van der Waals surface area contributed by atoms with Gasteiger partial charge in [0.1, 0.15) is 5.82 Å². The molecule has 1 saturated heterocycles. The molecule has 1 aliphatic rings. The summed E-state index contributed by atoms with van der Waals surface area (Å²) in [4.78, 5) is 0. The Morgan fingerprint density at radius 2 is 2.11 bits per heavy atom. The van der Waals surface area contributed by atoms with Crippen molar-refractivity contribution in [1.29, 1.82) is 0 Å². The highest BCUT2D eigenvalue weighted by molar-refractivity contribution is 5.28. The third-order valence-corrected chi connectivity index (χ3v) is 4.40. The molecule has 1 aromatic carbocycles. The molecule has 1 aromatic rings. The van der Waals surface area contributed by atoms with E-state index < -0.39 is 0 Å². The number of nitrogens with one attached hydrogen (secondary N) is 1. The van der Waals surface area contributed by atoms with Gasteiger partial charge in [0.25, 0.3) is 0 Å². The van der Waals surface area contributed by atoms with Gasteiger partial charge in [0.05, 0.1) is 0 Å². The fraction of sp³-hybridized carbons (Fsp3) is 0.647. The van der Waals surface area contributed by atoms with Crippen molar-refractivity contribution in [3.05, 3.63) is 35.1 Å². The first-order chi connectivity index (χ1) is 9.15. The van der Waals surface area contributed by atoms with Crippen molar-refractivity contribution in [2.24, 2.45) is 0 Å². The van der Waals surface area contributed by atoms with Crippen LogP contribution >= 0.6 is 0 Å². The van der Waals surface area contributed by atoms with E-state index in [0.717, 1.165) is 13.0 Å². The number of hydrogen-bond acceptors (Lipinski definition) is 1. The molecule has 1 nitrogen and oxygen atoms in total. The van der Waals surface area contributed by atoms with E-state index in [-0.39, 0.29) is 11.4 Å². The fourth-order valence-corrected chi connectivity index (χ4v) is 3.33. The van der Waals surface area contributed by atoms with Gasteiger partial charge in [0.2, 0.25) is 0 Å². The molecular weight excluding hydrogens is 237 g/mol. The van der Waals surface area contributed by atoms with E-state index in [1.165, 1.54) is 49.7 Å². The van der Waals surface area contributed by atoms with Crippen LogP contribution in [-0.2, 0) is 6.42 Å². The molecule has 1 heterocycles. The molecule has 0 bridgehead atoms. The molecule has 2 rings (SSSR count). The minimum atomic E-state index is -0.110. The van der Waals surface area contributed by atoms with Crippen LogP contribution in [0.4, 0.5) is 4.39 Å². The molecule has 1 aliphatic heterocycles. The van der Waals surface area contributed by atoms with Crippen molar-refractivity contribution in [2.75, 3.05) is 6.54 Å². The second-order valence-electron chi connectivity index (χ2n) is 6.02. The van der Waals surface area contributed by atoms with E-state index in [9.17, 15) is 4.39 Å². The van der Waals surface area contributed by atoms with E-state index in [0.29, 0.717) is 0 Å². The first-order valence-electron chi connectivity index (χ1n) is 7.65. The molecule has 0 aromatic heterocycles. The Hall–Kier alpha value is -0.890. The second kappa shape index (κ2) is 6.51. The van der Waals surface area contributed by atoms with Gasteiger partial charge in [-0.3, -0.25) is 0 Å². The standard InChI is InChI=1S/C17H26FN/c1-3-9-17(10-5-4-6-11-19-17)13-15-12-16(18)8-7-14(15)2/h7-8,12,19H,3-6,9-11,13H2,1-2H3. The van der Waals surface area contributed by atoms with E-state index in [1.807, 2.05) is 6.07 Å². The van der Waals surface area contributed by atoms with Crippen LogP contribution in [-0.4, -0.2) is 12.1 Å². The fourth-order valence-electron chi connectivity index (χ4n) is 3.33. The third kappa shape index (κ3) is 3.79. The SMILES string of the molecule is CCCC1(Cc2cc(F)ccc2C)CCCCCN1. The Labute approximate surface area is 116 Å². The smallest absolute Gasteiger partial charge is 0.123 e. The van der Waals surface area contributed by atoms with Gasteiger partial charge < -0.3 is 5.32 Å². The van der Waals surface area contributed by atoms with Gasteiger partial charge in [-0.1, -0.05) is 32.3 Å². The maximum Gasteiger partial charge on any atom is 0.123 e. The van der Waals surface area contributed by atoms with Crippen molar-refractivity contribution in [2.45, 2.75) is 64.3 Å². The van der Waals surface area contributed by atoms with E-state index in [2.05, 4.69) is 19.2 Å². The molecule has 0 spiro atoms. The van der Waals surface area contributed by atoms with Crippen molar-refractivity contribution in [1.82, 2.24) is 5.32 Å². The summed E-state index contributed by atoms with van der Waals surface area (Å²) in [5.74, 6) is -0.110. The van der Waals surface area contributed by atoms with Crippen molar-refractivity contribution < 1.29 is 4.39 Å². The monoisotopic (exact) mass is 263 g/mol. The molecule has 0 aliphatic carbocycles. The van der Waals surface area contributed by atoms with Crippen LogP contribution < -0.4 is 5.32 Å². The van der Waals surface area contributed by atoms with E-state index >= 15 is 0 Å². The number of hydrogen-bond donors (Lipinski definition) is 1. The molecular formula is C17H26FN. The van der Waals surface area contributed by atoms with Gasteiger partial charge in [-0.25, -0.2) is 4.39 Å². The van der Waals surface area contributed by atoms with Gasteiger partial charge in [0, 0.05) is 5.54 Å². The van der Waals surface area contributed by atoms with E-state index in [4.69, 9.17) is 0 Å². The molecule has 0 radical (unpaired) electrons. The lowest BCUT2D eigenvalue weighted by atomic mass is 9.81. The quantitative estimate of drug-likeness (QED) is 0.850. The molecule has 1 unspecified atom stereocenters. The summed E-state index contributed by atoms with van der Waals surface area (Å²) in [6.45, 7) is 5.44. The van der Waals surface area contributed by atoms with Crippen LogP contribution in [0.15, 0.2) is 18.2 Å². The second-order valence-corrected chi connectivity index (χ2v) is 6.02.